The third-order valence-electron chi connectivity index (χ3n) is 2.58. The summed E-state index contributed by atoms with van der Waals surface area (Å²) in [6.07, 6.45) is 2.94. The van der Waals surface area contributed by atoms with E-state index in [1.807, 2.05) is 20.1 Å². The molecule has 17 heavy (non-hydrogen) atoms. The second-order valence-corrected chi connectivity index (χ2v) is 8.03. The van der Waals surface area contributed by atoms with Crippen molar-refractivity contribution in [2.24, 2.45) is 0 Å². The summed E-state index contributed by atoms with van der Waals surface area (Å²) in [6.45, 7) is 6.90. The molecule has 1 unspecified atom stereocenters. The van der Waals surface area contributed by atoms with Gasteiger partial charge in [0.1, 0.15) is 0 Å². The number of sulfonamides is 1. The average Bonchev–Trinajstić information content (AvgIpc) is 2.25. The van der Waals surface area contributed by atoms with E-state index in [2.05, 4.69) is 5.32 Å². The Hall–Kier alpha value is 0.220. The number of thioether (sulfide) groups is 1. The second kappa shape index (κ2) is 8.34. The zero-order chi connectivity index (χ0) is 13.5. The molecule has 0 rings (SSSR count). The van der Waals surface area contributed by atoms with Crippen LogP contribution in [0.5, 0.6) is 0 Å². The lowest BCUT2D eigenvalue weighted by Crippen LogP contribution is -2.42. The van der Waals surface area contributed by atoms with Gasteiger partial charge in [0.2, 0.25) is 10.0 Å². The number of nitrogens with one attached hydrogen (secondary N) is 1. The molecule has 0 aromatic carbocycles. The van der Waals surface area contributed by atoms with Crippen LogP contribution in [0, 0.1) is 0 Å². The predicted molar refractivity (Wildman–Crippen MR) is 77.1 cm³/mol. The Bertz CT molecular complexity index is 292. The van der Waals surface area contributed by atoms with Gasteiger partial charge in [0.25, 0.3) is 0 Å². The standard InChI is InChI=1S/C11H26N2O2S2/c1-10(2)12-9-11(3)17(14,15)13(4)7-6-8-16-5/h10-12H,6-9H2,1-5H3. The SMILES string of the molecule is CSCCCN(C)S(=O)(=O)C(C)CNC(C)C. The van der Waals surface area contributed by atoms with Crippen molar-refractivity contribution in [3.63, 3.8) is 0 Å². The molecule has 0 aromatic heterocycles. The molecule has 0 spiro atoms. The maximum atomic E-state index is 12.1. The highest BCUT2D eigenvalue weighted by Gasteiger charge is 2.25. The summed E-state index contributed by atoms with van der Waals surface area (Å²) >= 11 is 1.74. The van der Waals surface area contributed by atoms with Crippen LogP contribution in [-0.2, 0) is 10.0 Å². The van der Waals surface area contributed by atoms with Crippen molar-refractivity contribution in [3.05, 3.63) is 0 Å². The smallest absolute Gasteiger partial charge is 0.217 e. The van der Waals surface area contributed by atoms with Crippen LogP contribution in [0.2, 0.25) is 0 Å². The molecule has 1 atom stereocenters. The first-order chi connectivity index (χ1) is 7.82. The maximum Gasteiger partial charge on any atom is 0.217 e. The lowest BCUT2D eigenvalue weighted by molar-refractivity contribution is 0.454. The summed E-state index contributed by atoms with van der Waals surface area (Å²) < 4.78 is 25.7. The van der Waals surface area contributed by atoms with Gasteiger partial charge in [-0.3, -0.25) is 0 Å². The van der Waals surface area contributed by atoms with Crippen molar-refractivity contribution < 1.29 is 8.42 Å². The Labute approximate surface area is 111 Å². The summed E-state index contributed by atoms with van der Waals surface area (Å²) in [4.78, 5) is 0. The van der Waals surface area contributed by atoms with Gasteiger partial charge in [-0.2, -0.15) is 11.8 Å². The molecule has 0 amide bonds. The highest BCUT2D eigenvalue weighted by molar-refractivity contribution is 7.98. The van der Waals surface area contributed by atoms with Gasteiger partial charge in [-0.25, -0.2) is 12.7 Å². The first kappa shape index (κ1) is 17.2. The monoisotopic (exact) mass is 282 g/mol. The molecule has 0 heterocycles. The van der Waals surface area contributed by atoms with Crippen molar-refractivity contribution in [1.29, 1.82) is 0 Å². The molecule has 0 aliphatic carbocycles. The van der Waals surface area contributed by atoms with Crippen LogP contribution in [0.3, 0.4) is 0 Å². The van der Waals surface area contributed by atoms with E-state index in [0.717, 1.165) is 12.2 Å². The Kier molecular flexibility index (Phi) is 8.45. The Morgan fingerprint density at radius 1 is 1.29 bits per heavy atom. The third-order valence-corrected chi connectivity index (χ3v) is 5.51. The minimum Gasteiger partial charge on any atom is -0.313 e. The maximum absolute atomic E-state index is 12.1. The molecular formula is C11H26N2O2S2. The van der Waals surface area contributed by atoms with E-state index in [-0.39, 0.29) is 5.25 Å². The zero-order valence-electron chi connectivity index (χ0n) is 11.6. The van der Waals surface area contributed by atoms with Gasteiger partial charge in [-0.05, 0) is 25.4 Å². The molecule has 0 aromatic rings. The normalized spacial score (nSPS) is 14.5. The van der Waals surface area contributed by atoms with Crippen molar-refractivity contribution in [3.8, 4) is 0 Å². The molecule has 0 aliphatic rings. The second-order valence-electron chi connectivity index (χ2n) is 4.59. The fourth-order valence-electron chi connectivity index (χ4n) is 1.37. The molecule has 4 nitrogen and oxygen atoms in total. The van der Waals surface area contributed by atoms with Crippen molar-refractivity contribution >= 4 is 21.8 Å². The number of rotatable bonds is 9. The minimum atomic E-state index is -3.15. The van der Waals surface area contributed by atoms with E-state index in [1.165, 1.54) is 4.31 Å². The average molecular weight is 282 g/mol. The van der Waals surface area contributed by atoms with Crippen LogP contribution in [-0.4, -0.2) is 56.2 Å². The summed E-state index contributed by atoms with van der Waals surface area (Å²) in [5, 5.41) is 2.79. The Morgan fingerprint density at radius 3 is 2.35 bits per heavy atom. The van der Waals surface area contributed by atoms with E-state index >= 15 is 0 Å². The molecule has 1 N–H and O–H groups in total. The number of hydrogen-bond acceptors (Lipinski definition) is 4. The van der Waals surface area contributed by atoms with Crippen molar-refractivity contribution in [2.75, 3.05) is 32.1 Å². The Morgan fingerprint density at radius 2 is 1.88 bits per heavy atom. The molecule has 0 saturated carbocycles. The largest absolute Gasteiger partial charge is 0.313 e. The highest BCUT2D eigenvalue weighted by atomic mass is 32.2. The van der Waals surface area contributed by atoms with Crippen LogP contribution in [0.1, 0.15) is 27.2 Å². The molecule has 0 fully saturated rings. The lowest BCUT2D eigenvalue weighted by Gasteiger charge is -2.22. The highest BCUT2D eigenvalue weighted by Crippen LogP contribution is 2.08. The van der Waals surface area contributed by atoms with Gasteiger partial charge in [-0.1, -0.05) is 13.8 Å². The molecule has 0 radical (unpaired) electrons. The van der Waals surface area contributed by atoms with Gasteiger partial charge < -0.3 is 5.32 Å². The summed E-state index contributed by atoms with van der Waals surface area (Å²) in [6, 6.07) is 0.314. The van der Waals surface area contributed by atoms with Gasteiger partial charge in [0.15, 0.2) is 0 Å². The fraction of sp³-hybridized carbons (Fsp3) is 1.00. The van der Waals surface area contributed by atoms with Gasteiger partial charge in [0.05, 0.1) is 5.25 Å². The Balaban J connectivity index is 4.23. The lowest BCUT2D eigenvalue weighted by atomic mass is 10.3. The molecule has 6 heteroatoms. The van der Waals surface area contributed by atoms with Crippen molar-refractivity contribution in [2.45, 2.75) is 38.5 Å². The van der Waals surface area contributed by atoms with E-state index in [9.17, 15) is 8.42 Å². The van der Waals surface area contributed by atoms with Gasteiger partial charge >= 0.3 is 0 Å². The number of hydrogen-bond donors (Lipinski definition) is 1. The summed E-state index contributed by atoms with van der Waals surface area (Å²) in [7, 11) is -1.49. The van der Waals surface area contributed by atoms with E-state index in [1.54, 1.807) is 25.7 Å². The van der Waals surface area contributed by atoms with Crippen LogP contribution in [0.25, 0.3) is 0 Å². The van der Waals surface area contributed by atoms with Crippen LogP contribution >= 0.6 is 11.8 Å². The van der Waals surface area contributed by atoms with Gasteiger partial charge in [0, 0.05) is 26.2 Å². The first-order valence-electron chi connectivity index (χ1n) is 5.99. The zero-order valence-corrected chi connectivity index (χ0v) is 13.2. The van der Waals surface area contributed by atoms with Gasteiger partial charge in [-0.15, -0.1) is 0 Å². The quantitative estimate of drug-likeness (QED) is 0.649. The third kappa shape index (κ3) is 6.64. The molecule has 0 saturated heterocycles. The predicted octanol–water partition coefficient (Wildman–Crippen LogP) is 1.39. The fourth-order valence-corrected chi connectivity index (χ4v) is 3.10. The molecular weight excluding hydrogens is 256 g/mol. The van der Waals surface area contributed by atoms with E-state index < -0.39 is 10.0 Å². The summed E-state index contributed by atoms with van der Waals surface area (Å²) in [5.74, 6) is 0.998. The van der Waals surface area contributed by atoms with Crippen LogP contribution in [0.4, 0.5) is 0 Å². The minimum absolute atomic E-state index is 0.314. The van der Waals surface area contributed by atoms with Crippen LogP contribution < -0.4 is 5.32 Å². The number of nitrogens with zero attached hydrogens (tertiary/aromatic N) is 1. The topological polar surface area (TPSA) is 49.4 Å². The van der Waals surface area contributed by atoms with E-state index in [0.29, 0.717) is 19.1 Å². The van der Waals surface area contributed by atoms with Crippen molar-refractivity contribution in [1.82, 2.24) is 9.62 Å². The molecule has 0 bridgehead atoms. The van der Waals surface area contributed by atoms with E-state index in [4.69, 9.17) is 0 Å². The molecule has 0 aliphatic heterocycles. The first-order valence-corrected chi connectivity index (χ1v) is 8.89. The summed E-state index contributed by atoms with van der Waals surface area (Å²) in [5.41, 5.74) is 0. The molecule has 104 valence electrons. The van der Waals surface area contributed by atoms with Crippen LogP contribution in [0.15, 0.2) is 0 Å².